The standard InChI is InChI=1S/C13H15ClN4O/c1-7-11(8(2)18-17-7)12(13(15)19)16-10-5-3-4-9(14)6-10/h3-6,12,16H,1-2H3,(H2,15,19)(H,17,18). The molecule has 0 aliphatic heterocycles. The molecule has 5 nitrogen and oxygen atoms in total. The lowest BCUT2D eigenvalue weighted by molar-refractivity contribution is -0.118. The Morgan fingerprint density at radius 1 is 1.47 bits per heavy atom. The molecular formula is C13H15ClN4O. The van der Waals surface area contributed by atoms with Crippen LogP contribution in [0.5, 0.6) is 0 Å². The van der Waals surface area contributed by atoms with Crippen LogP contribution in [0.3, 0.4) is 0 Å². The Bertz CT molecular complexity index is 589. The lowest BCUT2D eigenvalue weighted by Gasteiger charge is -2.17. The van der Waals surface area contributed by atoms with E-state index in [1.54, 1.807) is 18.2 Å². The number of benzene rings is 1. The average molecular weight is 279 g/mol. The number of aryl methyl sites for hydroxylation is 2. The van der Waals surface area contributed by atoms with Crippen molar-refractivity contribution in [1.29, 1.82) is 0 Å². The largest absolute Gasteiger partial charge is 0.370 e. The number of aromatic amines is 1. The van der Waals surface area contributed by atoms with Crippen LogP contribution in [0.2, 0.25) is 5.02 Å². The first-order valence-electron chi connectivity index (χ1n) is 5.82. The van der Waals surface area contributed by atoms with E-state index in [4.69, 9.17) is 17.3 Å². The maximum absolute atomic E-state index is 11.7. The number of nitrogens with one attached hydrogen (secondary N) is 2. The van der Waals surface area contributed by atoms with Crippen LogP contribution in [0.15, 0.2) is 24.3 Å². The summed E-state index contributed by atoms with van der Waals surface area (Å²) in [5.74, 6) is -0.465. The first-order valence-corrected chi connectivity index (χ1v) is 6.19. The molecule has 0 saturated carbocycles. The van der Waals surface area contributed by atoms with E-state index in [9.17, 15) is 4.79 Å². The van der Waals surface area contributed by atoms with Gasteiger partial charge in [0.2, 0.25) is 5.91 Å². The second kappa shape index (κ2) is 5.32. The van der Waals surface area contributed by atoms with Crippen LogP contribution in [0, 0.1) is 13.8 Å². The van der Waals surface area contributed by atoms with Crippen LogP contribution in [-0.2, 0) is 4.79 Å². The number of nitrogens with zero attached hydrogens (tertiary/aromatic N) is 1. The fourth-order valence-corrected chi connectivity index (χ4v) is 2.21. The molecule has 6 heteroatoms. The van der Waals surface area contributed by atoms with Crippen LogP contribution in [-0.4, -0.2) is 16.1 Å². The van der Waals surface area contributed by atoms with E-state index < -0.39 is 11.9 Å². The number of primary amides is 1. The summed E-state index contributed by atoms with van der Waals surface area (Å²) in [4.78, 5) is 11.7. The molecule has 100 valence electrons. The van der Waals surface area contributed by atoms with E-state index >= 15 is 0 Å². The van der Waals surface area contributed by atoms with Gasteiger partial charge in [0.25, 0.3) is 0 Å². The second-order valence-electron chi connectivity index (χ2n) is 4.34. The topological polar surface area (TPSA) is 83.8 Å². The summed E-state index contributed by atoms with van der Waals surface area (Å²) in [7, 11) is 0. The van der Waals surface area contributed by atoms with E-state index in [0.29, 0.717) is 5.02 Å². The Morgan fingerprint density at radius 2 is 2.21 bits per heavy atom. The van der Waals surface area contributed by atoms with Crippen LogP contribution in [0.4, 0.5) is 5.69 Å². The van der Waals surface area contributed by atoms with Crippen molar-refractivity contribution < 1.29 is 4.79 Å². The molecule has 0 spiro atoms. The minimum absolute atomic E-state index is 0.465. The number of amides is 1. The van der Waals surface area contributed by atoms with Crippen molar-refractivity contribution in [2.75, 3.05) is 5.32 Å². The molecule has 0 aliphatic carbocycles. The number of carbonyl (C=O) groups excluding carboxylic acids is 1. The van der Waals surface area contributed by atoms with Crippen molar-refractivity contribution in [2.24, 2.45) is 5.73 Å². The molecule has 0 saturated heterocycles. The van der Waals surface area contributed by atoms with Gasteiger partial charge in [0.15, 0.2) is 0 Å². The minimum atomic E-state index is -0.641. The number of rotatable bonds is 4. The van der Waals surface area contributed by atoms with E-state index in [1.807, 2.05) is 19.9 Å². The number of hydrogen-bond acceptors (Lipinski definition) is 3. The second-order valence-corrected chi connectivity index (χ2v) is 4.77. The maximum Gasteiger partial charge on any atom is 0.244 e. The third-order valence-electron chi connectivity index (χ3n) is 2.89. The molecule has 2 rings (SSSR count). The van der Waals surface area contributed by atoms with Crippen LogP contribution in [0.25, 0.3) is 0 Å². The van der Waals surface area contributed by atoms with E-state index in [0.717, 1.165) is 22.6 Å². The Morgan fingerprint density at radius 3 is 2.74 bits per heavy atom. The summed E-state index contributed by atoms with van der Waals surface area (Å²) in [6, 6.07) is 6.49. The highest BCUT2D eigenvalue weighted by molar-refractivity contribution is 6.30. The summed E-state index contributed by atoms with van der Waals surface area (Å²) < 4.78 is 0. The molecule has 1 atom stereocenters. The lowest BCUT2D eigenvalue weighted by Crippen LogP contribution is -2.28. The van der Waals surface area contributed by atoms with E-state index in [1.165, 1.54) is 0 Å². The highest BCUT2D eigenvalue weighted by atomic mass is 35.5. The van der Waals surface area contributed by atoms with Crippen LogP contribution >= 0.6 is 11.6 Å². The van der Waals surface area contributed by atoms with Crippen molar-refractivity contribution >= 4 is 23.2 Å². The zero-order valence-corrected chi connectivity index (χ0v) is 11.5. The van der Waals surface area contributed by atoms with Gasteiger partial charge >= 0.3 is 0 Å². The average Bonchev–Trinajstić information content (AvgIpc) is 2.66. The molecule has 1 heterocycles. The summed E-state index contributed by atoms with van der Waals surface area (Å²) in [6.45, 7) is 3.68. The van der Waals surface area contributed by atoms with Gasteiger partial charge in [-0.3, -0.25) is 9.89 Å². The van der Waals surface area contributed by atoms with Gasteiger partial charge in [-0.2, -0.15) is 5.10 Å². The molecule has 1 amide bonds. The summed E-state index contributed by atoms with van der Waals surface area (Å²) in [5, 5.41) is 10.6. The van der Waals surface area contributed by atoms with Gasteiger partial charge in [0.1, 0.15) is 6.04 Å². The molecule has 1 unspecified atom stereocenters. The van der Waals surface area contributed by atoms with Gasteiger partial charge in [-0.05, 0) is 32.0 Å². The summed E-state index contributed by atoms with van der Waals surface area (Å²) >= 11 is 5.92. The Balaban J connectivity index is 2.35. The van der Waals surface area contributed by atoms with Gasteiger partial charge in [-0.1, -0.05) is 17.7 Å². The van der Waals surface area contributed by atoms with Crippen molar-refractivity contribution in [3.8, 4) is 0 Å². The fourth-order valence-electron chi connectivity index (χ4n) is 2.02. The van der Waals surface area contributed by atoms with Gasteiger partial charge in [-0.15, -0.1) is 0 Å². The van der Waals surface area contributed by atoms with Crippen molar-refractivity contribution in [3.63, 3.8) is 0 Å². The highest BCUT2D eigenvalue weighted by Crippen LogP contribution is 2.25. The lowest BCUT2D eigenvalue weighted by atomic mass is 10.0. The van der Waals surface area contributed by atoms with Crippen LogP contribution < -0.4 is 11.1 Å². The Hall–Kier alpha value is -2.01. The number of aromatic nitrogens is 2. The summed E-state index contributed by atoms with van der Waals surface area (Å²) in [6.07, 6.45) is 0. The third-order valence-corrected chi connectivity index (χ3v) is 3.13. The Labute approximate surface area is 116 Å². The molecule has 0 aliphatic rings. The SMILES string of the molecule is Cc1n[nH]c(C)c1C(Nc1cccc(Cl)c1)C(N)=O. The van der Waals surface area contributed by atoms with Gasteiger partial charge in [0.05, 0.1) is 5.69 Å². The number of hydrogen-bond donors (Lipinski definition) is 3. The van der Waals surface area contributed by atoms with Crippen LogP contribution in [0.1, 0.15) is 23.0 Å². The molecule has 19 heavy (non-hydrogen) atoms. The number of carbonyl (C=O) groups is 1. The predicted molar refractivity (Wildman–Crippen MR) is 75.1 cm³/mol. The van der Waals surface area contributed by atoms with Crippen molar-refractivity contribution in [1.82, 2.24) is 10.2 Å². The molecule has 4 N–H and O–H groups in total. The molecular weight excluding hydrogens is 264 g/mol. The molecule has 0 radical (unpaired) electrons. The molecule has 0 fully saturated rings. The quantitative estimate of drug-likeness (QED) is 0.802. The van der Waals surface area contributed by atoms with E-state index in [-0.39, 0.29) is 0 Å². The van der Waals surface area contributed by atoms with Crippen molar-refractivity contribution in [3.05, 3.63) is 46.2 Å². The third kappa shape index (κ3) is 2.88. The first-order chi connectivity index (χ1) is 8.99. The monoisotopic (exact) mass is 278 g/mol. The first kappa shape index (κ1) is 13.4. The van der Waals surface area contributed by atoms with E-state index in [2.05, 4.69) is 15.5 Å². The van der Waals surface area contributed by atoms with Gasteiger partial charge in [-0.25, -0.2) is 0 Å². The highest BCUT2D eigenvalue weighted by Gasteiger charge is 2.23. The summed E-state index contributed by atoms with van der Waals surface area (Å²) in [5.41, 5.74) is 8.54. The van der Waals surface area contributed by atoms with Gasteiger partial charge in [0, 0.05) is 22.0 Å². The van der Waals surface area contributed by atoms with Gasteiger partial charge < -0.3 is 11.1 Å². The zero-order valence-electron chi connectivity index (χ0n) is 10.7. The number of H-pyrrole nitrogens is 1. The number of anilines is 1. The molecule has 0 bridgehead atoms. The molecule has 1 aromatic carbocycles. The van der Waals surface area contributed by atoms with Crippen molar-refractivity contribution in [2.45, 2.75) is 19.9 Å². The maximum atomic E-state index is 11.7. The number of nitrogens with two attached hydrogens (primary N) is 1. The molecule has 2 aromatic rings. The minimum Gasteiger partial charge on any atom is -0.370 e. The normalized spacial score (nSPS) is 12.2. The predicted octanol–water partition coefficient (Wildman–Crippen LogP) is 2.32. The zero-order chi connectivity index (χ0) is 14.0. The number of halogens is 1. The Kier molecular flexibility index (Phi) is 3.76. The smallest absolute Gasteiger partial charge is 0.244 e. The molecule has 1 aromatic heterocycles. The fraction of sp³-hybridized carbons (Fsp3) is 0.231.